The molecule has 3 saturated carbocycles. The molecule has 4 aliphatic rings. The van der Waals surface area contributed by atoms with Crippen molar-refractivity contribution in [1.82, 2.24) is 0 Å². The maximum absolute atomic E-state index is 10.5. The van der Waals surface area contributed by atoms with Crippen LogP contribution < -0.4 is 0 Å². The van der Waals surface area contributed by atoms with Gasteiger partial charge in [-0.25, -0.2) is 0 Å². The Morgan fingerprint density at radius 3 is 2.62 bits per heavy atom. The van der Waals surface area contributed by atoms with Crippen molar-refractivity contribution in [1.29, 1.82) is 0 Å². The zero-order chi connectivity index (χ0) is 14.8. The Kier molecular flexibility index (Phi) is 3.11. The van der Waals surface area contributed by atoms with Gasteiger partial charge in [0.25, 0.3) is 0 Å². The second-order valence-electron chi connectivity index (χ2n) is 8.79. The van der Waals surface area contributed by atoms with E-state index in [1.165, 1.54) is 25.7 Å². The summed E-state index contributed by atoms with van der Waals surface area (Å²) in [7, 11) is 0. The van der Waals surface area contributed by atoms with Gasteiger partial charge < -0.3 is 10.2 Å². The van der Waals surface area contributed by atoms with Crippen molar-refractivity contribution in [2.75, 3.05) is 0 Å². The minimum absolute atomic E-state index is 0.0742. The van der Waals surface area contributed by atoms with Crippen LogP contribution in [0.3, 0.4) is 0 Å². The third-order valence-electron chi connectivity index (χ3n) is 8.03. The number of hydrogen-bond donors (Lipinski definition) is 2. The smallest absolute Gasteiger partial charge is 0.0596 e. The van der Waals surface area contributed by atoms with Crippen LogP contribution in [0.25, 0.3) is 0 Å². The molecule has 0 heterocycles. The number of hydrogen-bond acceptors (Lipinski definition) is 2. The number of rotatable bonds is 0. The van der Waals surface area contributed by atoms with Gasteiger partial charge in [0.15, 0.2) is 0 Å². The second kappa shape index (κ2) is 4.58. The van der Waals surface area contributed by atoms with E-state index in [4.69, 9.17) is 0 Å². The fourth-order valence-corrected chi connectivity index (χ4v) is 6.61. The SMILES string of the molecule is C[C@@]12CC[C@H]3[C@@H](CC=C4C[C@@H](O)CC[C@@]43C)[C@@H]1CC[C@H]2O. The molecule has 4 aliphatic carbocycles. The van der Waals surface area contributed by atoms with Gasteiger partial charge in [-0.1, -0.05) is 25.5 Å². The standard InChI is InChI=1S/C19H30O2/c1-18-9-7-13(20)11-12(18)3-4-14-15-5-6-17(21)19(15,2)10-8-16(14)18/h3,13-17,20-21H,4-11H2,1-2H3/t13-,14-,15-,16-,17+,18-,19+/m0/s1. The van der Waals surface area contributed by atoms with Crippen molar-refractivity contribution < 1.29 is 10.2 Å². The molecule has 0 saturated heterocycles. The van der Waals surface area contributed by atoms with Crippen molar-refractivity contribution in [2.24, 2.45) is 28.6 Å². The molecule has 3 fully saturated rings. The van der Waals surface area contributed by atoms with Crippen molar-refractivity contribution >= 4 is 0 Å². The molecule has 0 aromatic heterocycles. The Morgan fingerprint density at radius 1 is 1.00 bits per heavy atom. The highest BCUT2D eigenvalue weighted by Gasteiger charge is 2.58. The minimum Gasteiger partial charge on any atom is -0.393 e. The summed E-state index contributed by atoms with van der Waals surface area (Å²) in [5, 5.41) is 20.5. The van der Waals surface area contributed by atoms with E-state index in [2.05, 4.69) is 19.9 Å². The van der Waals surface area contributed by atoms with Crippen molar-refractivity contribution in [3.05, 3.63) is 11.6 Å². The zero-order valence-corrected chi connectivity index (χ0v) is 13.5. The molecule has 0 aromatic rings. The molecule has 0 aliphatic heterocycles. The molecule has 0 amide bonds. The monoisotopic (exact) mass is 290 g/mol. The molecular formula is C19H30O2. The number of allylic oxidation sites excluding steroid dienone is 1. The van der Waals surface area contributed by atoms with Crippen LogP contribution in [0.4, 0.5) is 0 Å². The Morgan fingerprint density at radius 2 is 1.81 bits per heavy atom. The summed E-state index contributed by atoms with van der Waals surface area (Å²) in [6.07, 6.45) is 11.2. The zero-order valence-electron chi connectivity index (χ0n) is 13.5. The predicted octanol–water partition coefficient (Wildman–Crippen LogP) is 3.67. The van der Waals surface area contributed by atoms with E-state index in [-0.39, 0.29) is 17.6 Å². The van der Waals surface area contributed by atoms with Gasteiger partial charge in [-0.2, -0.15) is 0 Å². The van der Waals surface area contributed by atoms with Crippen LogP contribution in [0.15, 0.2) is 11.6 Å². The lowest BCUT2D eigenvalue weighted by molar-refractivity contribution is -0.0711. The van der Waals surface area contributed by atoms with E-state index in [0.29, 0.717) is 11.3 Å². The normalized spacial score (nSPS) is 56.2. The Hall–Kier alpha value is -0.340. The lowest BCUT2D eigenvalue weighted by Gasteiger charge is -2.57. The highest BCUT2D eigenvalue weighted by Crippen LogP contribution is 2.64. The van der Waals surface area contributed by atoms with Gasteiger partial charge >= 0.3 is 0 Å². The molecule has 0 radical (unpaired) electrons. The first-order chi connectivity index (χ1) is 9.95. The molecule has 2 N–H and O–H groups in total. The van der Waals surface area contributed by atoms with Gasteiger partial charge in [0.1, 0.15) is 0 Å². The summed E-state index contributed by atoms with van der Waals surface area (Å²) in [6.45, 7) is 4.81. The van der Waals surface area contributed by atoms with Gasteiger partial charge in [-0.3, -0.25) is 0 Å². The first kappa shape index (κ1) is 14.3. The van der Waals surface area contributed by atoms with Crippen molar-refractivity contribution in [2.45, 2.75) is 77.4 Å². The van der Waals surface area contributed by atoms with Crippen LogP contribution in [0.5, 0.6) is 0 Å². The molecule has 0 spiro atoms. The molecule has 0 unspecified atom stereocenters. The van der Waals surface area contributed by atoms with E-state index >= 15 is 0 Å². The number of aliphatic hydroxyl groups is 2. The minimum atomic E-state index is -0.108. The van der Waals surface area contributed by atoms with E-state index in [1.807, 2.05) is 0 Å². The van der Waals surface area contributed by atoms with Gasteiger partial charge in [-0.05, 0) is 80.0 Å². The predicted molar refractivity (Wildman–Crippen MR) is 83.7 cm³/mol. The maximum atomic E-state index is 10.5. The van der Waals surface area contributed by atoms with Crippen LogP contribution in [0.2, 0.25) is 0 Å². The first-order valence-corrected chi connectivity index (χ1v) is 9.01. The number of fused-ring (bicyclic) bond motifs is 5. The molecule has 118 valence electrons. The second-order valence-corrected chi connectivity index (χ2v) is 8.79. The summed E-state index contributed by atoms with van der Waals surface area (Å²) in [5.74, 6) is 2.27. The molecule has 0 aromatic carbocycles. The summed E-state index contributed by atoms with van der Waals surface area (Å²) in [5.41, 5.74) is 2.05. The average molecular weight is 290 g/mol. The van der Waals surface area contributed by atoms with E-state index in [0.717, 1.165) is 37.5 Å². The Labute approximate surface area is 128 Å². The molecular weight excluding hydrogens is 260 g/mol. The summed E-state index contributed by atoms with van der Waals surface area (Å²) >= 11 is 0. The topological polar surface area (TPSA) is 40.5 Å². The summed E-state index contributed by atoms with van der Waals surface area (Å²) in [4.78, 5) is 0. The molecule has 0 bridgehead atoms. The fourth-order valence-electron chi connectivity index (χ4n) is 6.61. The van der Waals surface area contributed by atoms with Crippen LogP contribution in [-0.4, -0.2) is 22.4 Å². The van der Waals surface area contributed by atoms with Gasteiger partial charge in [-0.15, -0.1) is 0 Å². The van der Waals surface area contributed by atoms with Gasteiger partial charge in [0.05, 0.1) is 12.2 Å². The highest BCUT2D eigenvalue weighted by atomic mass is 16.3. The Bertz CT molecular complexity index is 470. The Balaban J connectivity index is 1.68. The van der Waals surface area contributed by atoms with E-state index in [1.54, 1.807) is 5.57 Å². The lowest BCUT2D eigenvalue weighted by Crippen LogP contribution is -2.51. The molecule has 4 rings (SSSR count). The highest BCUT2D eigenvalue weighted by molar-refractivity contribution is 5.25. The molecule has 2 nitrogen and oxygen atoms in total. The fraction of sp³-hybridized carbons (Fsp3) is 0.895. The maximum Gasteiger partial charge on any atom is 0.0596 e. The van der Waals surface area contributed by atoms with E-state index < -0.39 is 0 Å². The van der Waals surface area contributed by atoms with Crippen molar-refractivity contribution in [3.8, 4) is 0 Å². The van der Waals surface area contributed by atoms with E-state index in [9.17, 15) is 10.2 Å². The summed E-state index contributed by atoms with van der Waals surface area (Å²) < 4.78 is 0. The number of aliphatic hydroxyl groups excluding tert-OH is 2. The quantitative estimate of drug-likeness (QED) is 0.668. The van der Waals surface area contributed by atoms with Crippen LogP contribution >= 0.6 is 0 Å². The van der Waals surface area contributed by atoms with Gasteiger partial charge in [0, 0.05) is 0 Å². The average Bonchev–Trinajstić information content (AvgIpc) is 2.76. The molecule has 2 heteroatoms. The third kappa shape index (κ3) is 1.84. The lowest BCUT2D eigenvalue weighted by atomic mass is 9.48. The largest absolute Gasteiger partial charge is 0.393 e. The van der Waals surface area contributed by atoms with Crippen molar-refractivity contribution in [3.63, 3.8) is 0 Å². The molecule has 21 heavy (non-hydrogen) atoms. The van der Waals surface area contributed by atoms with Crippen LogP contribution in [-0.2, 0) is 0 Å². The van der Waals surface area contributed by atoms with Gasteiger partial charge in [0.2, 0.25) is 0 Å². The van der Waals surface area contributed by atoms with Crippen LogP contribution in [0, 0.1) is 28.6 Å². The van der Waals surface area contributed by atoms with Crippen LogP contribution in [0.1, 0.15) is 65.2 Å². The molecule has 7 atom stereocenters. The first-order valence-electron chi connectivity index (χ1n) is 9.01. The summed E-state index contributed by atoms with van der Waals surface area (Å²) in [6, 6.07) is 0. The third-order valence-corrected chi connectivity index (χ3v) is 8.03.